The average Bonchev–Trinajstić information content (AvgIpc) is 3.02. The molecule has 3 heterocycles. The normalized spacial score (nSPS) is 32.0. The standard InChI is InChI=1S/C28H32O17/c1-40-10-5-13(33)17-14(6-10)41-24(9-2-3-11(31)12(32)4-9)26(19(17)35)45-28-23(39)21(37)25(16(8-30)43-28)44-27-22(38)20(36)18(34)15(7-29)42-27/h2-6,15-16,18,20-23,25,27-34,36-39H,7-8H2,1H3/t15-,16-,18-,20+,21-,22-,23-,25-,27+,28+/m1/s1. The molecular weight excluding hydrogens is 608 g/mol. The van der Waals surface area contributed by atoms with Crippen LogP contribution in [0.2, 0.25) is 0 Å². The Bertz CT molecular complexity index is 1570. The van der Waals surface area contributed by atoms with E-state index in [2.05, 4.69) is 0 Å². The predicted molar refractivity (Wildman–Crippen MR) is 146 cm³/mol. The van der Waals surface area contributed by atoms with Gasteiger partial charge in [-0.3, -0.25) is 4.79 Å². The van der Waals surface area contributed by atoms with Crippen LogP contribution in [0.25, 0.3) is 22.3 Å². The summed E-state index contributed by atoms with van der Waals surface area (Å²) in [7, 11) is 1.31. The third-order valence-electron chi connectivity index (χ3n) is 7.57. The van der Waals surface area contributed by atoms with Crippen molar-refractivity contribution < 1.29 is 79.2 Å². The van der Waals surface area contributed by atoms with Crippen LogP contribution in [0, 0.1) is 0 Å². The van der Waals surface area contributed by atoms with Gasteiger partial charge in [-0.05, 0) is 18.2 Å². The highest BCUT2D eigenvalue weighted by atomic mass is 16.7. The van der Waals surface area contributed by atoms with Gasteiger partial charge < -0.3 is 79.2 Å². The van der Waals surface area contributed by atoms with Crippen LogP contribution < -0.4 is 14.9 Å². The molecule has 10 N–H and O–H groups in total. The van der Waals surface area contributed by atoms with E-state index in [1.54, 1.807) is 0 Å². The number of aromatic hydroxyl groups is 3. The molecule has 5 rings (SSSR count). The topological polar surface area (TPSA) is 279 Å². The van der Waals surface area contributed by atoms with Crippen molar-refractivity contribution in [3.63, 3.8) is 0 Å². The third-order valence-corrected chi connectivity index (χ3v) is 7.57. The highest BCUT2D eigenvalue weighted by molar-refractivity contribution is 5.88. The van der Waals surface area contributed by atoms with Gasteiger partial charge in [-0.2, -0.15) is 0 Å². The van der Waals surface area contributed by atoms with Crippen molar-refractivity contribution in [2.75, 3.05) is 20.3 Å². The van der Waals surface area contributed by atoms with Crippen molar-refractivity contribution >= 4 is 11.0 Å². The minimum absolute atomic E-state index is 0.00464. The molecule has 0 spiro atoms. The summed E-state index contributed by atoms with van der Waals surface area (Å²) in [5.41, 5.74) is -1.15. The first-order valence-electron chi connectivity index (χ1n) is 13.5. The van der Waals surface area contributed by atoms with E-state index < -0.39 is 103 Å². The number of ether oxygens (including phenoxy) is 5. The van der Waals surface area contributed by atoms with Gasteiger partial charge in [0.15, 0.2) is 23.5 Å². The monoisotopic (exact) mass is 640 g/mol. The Morgan fingerprint density at radius 1 is 0.756 bits per heavy atom. The lowest BCUT2D eigenvalue weighted by Gasteiger charge is -2.45. The van der Waals surface area contributed by atoms with Gasteiger partial charge in [-0.25, -0.2) is 0 Å². The van der Waals surface area contributed by atoms with Crippen molar-refractivity contribution in [2.24, 2.45) is 0 Å². The minimum Gasteiger partial charge on any atom is -0.507 e. The van der Waals surface area contributed by atoms with Gasteiger partial charge in [0.1, 0.15) is 71.3 Å². The van der Waals surface area contributed by atoms with E-state index in [-0.39, 0.29) is 28.0 Å². The first-order valence-corrected chi connectivity index (χ1v) is 13.5. The number of hydrogen-bond donors (Lipinski definition) is 10. The molecule has 17 nitrogen and oxygen atoms in total. The quantitative estimate of drug-likeness (QED) is 0.115. The van der Waals surface area contributed by atoms with Gasteiger partial charge >= 0.3 is 0 Å². The molecule has 1 aromatic heterocycles. The molecule has 0 bridgehead atoms. The Kier molecular flexibility index (Phi) is 9.38. The second kappa shape index (κ2) is 12.9. The van der Waals surface area contributed by atoms with Crippen LogP contribution in [0.3, 0.4) is 0 Å². The highest BCUT2D eigenvalue weighted by Gasteiger charge is 2.51. The lowest BCUT2D eigenvalue weighted by atomic mass is 9.97. The molecule has 2 aliphatic rings. The highest BCUT2D eigenvalue weighted by Crippen LogP contribution is 2.40. The molecule has 10 atom stereocenters. The summed E-state index contributed by atoms with van der Waals surface area (Å²) in [5, 5.41) is 102. The van der Waals surface area contributed by atoms with Crippen molar-refractivity contribution in [2.45, 2.75) is 61.4 Å². The number of rotatable bonds is 8. The predicted octanol–water partition coefficient (Wildman–Crippen LogP) is -2.41. The largest absolute Gasteiger partial charge is 0.507 e. The van der Waals surface area contributed by atoms with Crippen LogP contribution in [-0.4, -0.2) is 133 Å². The number of aliphatic hydroxyl groups is 7. The summed E-state index contributed by atoms with van der Waals surface area (Å²) < 4.78 is 33.1. The van der Waals surface area contributed by atoms with Crippen molar-refractivity contribution in [3.05, 3.63) is 40.6 Å². The number of fused-ring (bicyclic) bond motifs is 1. The number of phenols is 3. The molecule has 2 fully saturated rings. The smallest absolute Gasteiger partial charge is 0.239 e. The fourth-order valence-corrected chi connectivity index (χ4v) is 5.11. The number of hydrogen-bond acceptors (Lipinski definition) is 17. The number of aliphatic hydroxyl groups excluding tert-OH is 7. The van der Waals surface area contributed by atoms with E-state index in [9.17, 15) is 55.9 Å². The van der Waals surface area contributed by atoms with Crippen molar-refractivity contribution in [1.29, 1.82) is 0 Å². The molecule has 0 saturated carbocycles. The maximum absolute atomic E-state index is 13.7. The van der Waals surface area contributed by atoms with Gasteiger partial charge in [0.25, 0.3) is 0 Å². The molecule has 45 heavy (non-hydrogen) atoms. The van der Waals surface area contributed by atoms with E-state index in [4.69, 9.17) is 28.1 Å². The van der Waals surface area contributed by atoms with Crippen LogP contribution >= 0.6 is 0 Å². The zero-order valence-electron chi connectivity index (χ0n) is 23.4. The molecule has 0 aliphatic carbocycles. The molecule has 2 saturated heterocycles. The fourth-order valence-electron chi connectivity index (χ4n) is 5.11. The molecule has 2 aromatic carbocycles. The molecule has 0 amide bonds. The van der Waals surface area contributed by atoms with Crippen molar-refractivity contribution in [3.8, 4) is 40.1 Å². The van der Waals surface area contributed by atoms with Gasteiger partial charge in [0.2, 0.25) is 17.5 Å². The van der Waals surface area contributed by atoms with Gasteiger partial charge in [-0.15, -0.1) is 0 Å². The Hall–Kier alpha value is -3.75. The van der Waals surface area contributed by atoms with E-state index in [0.29, 0.717) is 0 Å². The molecule has 0 radical (unpaired) electrons. The van der Waals surface area contributed by atoms with Crippen molar-refractivity contribution in [1.82, 2.24) is 0 Å². The lowest BCUT2D eigenvalue weighted by Crippen LogP contribution is -2.65. The lowest BCUT2D eigenvalue weighted by molar-refractivity contribution is -0.352. The zero-order valence-corrected chi connectivity index (χ0v) is 23.4. The maximum atomic E-state index is 13.7. The second-order valence-electron chi connectivity index (χ2n) is 10.4. The van der Waals surface area contributed by atoms with Crippen LogP contribution in [0.15, 0.2) is 39.5 Å². The van der Waals surface area contributed by atoms with Crippen LogP contribution in [0.1, 0.15) is 0 Å². The summed E-state index contributed by atoms with van der Waals surface area (Å²) in [4.78, 5) is 13.7. The van der Waals surface area contributed by atoms with Crippen LogP contribution in [0.4, 0.5) is 0 Å². The first kappa shape index (κ1) is 32.6. The van der Waals surface area contributed by atoms with Gasteiger partial charge in [0, 0.05) is 17.7 Å². The first-order chi connectivity index (χ1) is 21.4. The summed E-state index contributed by atoms with van der Waals surface area (Å²) in [5.74, 6) is -2.55. The van der Waals surface area contributed by atoms with E-state index in [0.717, 1.165) is 18.2 Å². The van der Waals surface area contributed by atoms with Crippen LogP contribution in [0.5, 0.6) is 28.7 Å². The van der Waals surface area contributed by atoms with Crippen LogP contribution in [-0.2, 0) is 14.2 Å². The second-order valence-corrected chi connectivity index (χ2v) is 10.4. The molecule has 0 unspecified atom stereocenters. The Morgan fingerprint density at radius 3 is 2.07 bits per heavy atom. The number of methoxy groups -OCH3 is 1. The Morgan fingerprint density at radius 2 is 1.42 bits per heavy atom. The van der Waals surface area contributed by atoms with E-state index >= 15 is 0 Å². The molecular formula is C28H32O17. The summed E-state index contributed by atoms with van der Waals surface area (Å²) >= 11 is 0. The van der Waals surface area contributed by atoms with Gasteiger partial charge in [0.05, 0.1) is 20.3 Å². The molecule has 17 heteroatoms. The number of benzene rings is 2. The molecule has 2 aliphatic heterocycles. The number of phenolic OH excluding ortho intramolecular Hbond substituents is 3. The van der Waals surface area contributed by atoms with E-state index in [1.807, 2.05) is 0 Å². The summed E-state index contributed by atoms with van der Waals surface area (Å²) in [6.45, 7) is -1.65. The summed E-state index contributed by atoms with van der Waals surface area (Å²) in [6.07, 6.45) is -17.6. The SMILES string of the molecule is COc1cc(O)c2c(=O)c(O[C@@H]3O[C@H](CO)[C@@H](O[C@@H]4O[C@H](CO)[C@@H](O)[C@H](O)[C@H]4O)[C@H](O)[C@H]3O)c(-c3ccc(O)c(O)c3)oc2c1. The zero-order chi connectivity index (χ0) is 32.7. The Balaban J connectivity index is 1.50. The maximum Gasteiger partial charge on any atom is 0.239 e. The minimum atomic E-state index is -2.02. The molecule has 246 valence electrons. The molecule has 3 aromatic rings. The van der Waals surface area contributed by atoms with E-state index in [1.165, 1.54) is 19.2 Å². The van der Waals surface area contributed by atoms with Gasteiger partial charge in [-0.1, -0.05) is 0 Å². The summed E-state index contributed by atoms with van der Waals surface area (Å²) in [6, 6.07) is 5.83. The Labute approximate surface area is 252 Å². The fraction of sp³-hybridized carbons (Fsp3) is 0.464. The average molecular weight is 641 g/mol. The third kappa shape index (κ3) is 5.98.